The molecule has 6 aromatic carbocycles. The lowest BCUT2D eigenvalue weighted by Gasteiger charge is -2.43. The van der Waals surface area contributed by atoms with Crippen LogP contribution in [0.4, 0.5) is 0 Å². The van der Waals surface area contributed by atoms with E-state index in [0.29, 0.717) is 5.56 Å². The first kappa shape index (κ1) is 37.5. The van der Waals surface area contributed by atoms with Crippen molar-refractivity contribution in [3.63, 3.8) is 0 Å². The molecule has 58 heavy (non-hydrogen) atoms. The van der Waals surface area contributed by atoms with E-state index < -0.39 is 61.0 Å². The maximum absolute atomic E-state index is 14.0. The SMILES string of the molecule is O=C(OC[C@H]1O[C@@H](c2noc(-c3cccc4ccccc34)n2)[C@H](OC(=O)c2ccccc2)[C@@H](OC(=O)c2ccccc2)[C@@H]1OC(=O)c1ccccc1)c1ccccc1. The summed E-state index contributed by atoms with van der Waals surface area (Å²) in [6.45, 7) is -0.496. The molecule has 1 fully saturated rings. The average Bonchev–Trinajstić information content (AvgIpc) is 3.78. The zero-order valence-corrected chi connectivity index (χ0v) is 30.7. The van der Waals surface area contributed by atoms with Crippen LogP contribution in [-0.2, 0) is 23.7 Å². The van der Waals surface area contributed by atoms with Crippen LogP contribution >= 0.6 is 0 Å². The van der Waals surface area contributed by atoms with Crippen molar-refractivity contribution >= 4 is 34.6 Å². The molecule has 0 saturated carbocycles. The number of aromatic nitrogens is 2. The van der Waals surface area contributed by atoms with Crippen LogP contribution in [0.5, 0.6) is 0 Å². The van der Waals surface area contributed by atoms with Crippen LogP contribution in [-0.4, -0.2) is 65.0 Å². The van der Waals surface area contributed by atoms with Gasteiger partial charge in [0.1, 0.15) is 12.7 Å². The molecule has 0 radical (unpaired) electrons. The third-order valence-corrected chi connectivity index (χ3v) is 9.50. The molecule has 12 nitrogen and oxygen atoms in total. The highest BCUT2D eigenvalue weighted by Crippen LogP contribution is 2.39. The molecule has 1 aliphatic rings. The molecule has 8 rings (SSSR count). The fraction of sp³-hybridized carbons (Fsp3) is 0.130. The number of esters is 4. The van der Waals surface area contributed by atoms with Crippen molar-refractivity contribution in [1.82, 2.24) is 10.1 Å². The average molecular weight is 775 g/mol. The van der Waals surface area contributed by atoms with E-state index in [0.717, 1.165) is 10.8 Å². The maximum Gasteiger partial charge on any atom is 0.338 e. The lowest BCUT2D eigenvalue weighted by Crippen LogP contribution is -2.60. The summed E-state index contributed by atoms with van der Waals surface area (Å²) in [6.07, 6.45) is -7.39. The van der Waals surface area contributed by atoms with Crippen molar-refractivity contribution in [2.75, 3.05) is 6.61 Å². The van der Waals surface area contributed by atoms with Crippen LogP contribution in [0.3, 0.4) is 0 Å². The monoisotopic (exact) mass is 774 g/mol. The molecule has 7 aromatic rings. The van der Waals surface area contributed by atoms with Gasteiger partial charge in [0.25, 0.3) is 5.89 Å². The minimum Gasteiger partial charge on any atom is -0.459 e. The first-order chi connectivity index (χ1) is 28.4. The smallest absolute Gasteiger partial charge is 0.338 e. The topological polar surface area (TPSA) is 153 Å². The van der Waals surface area contributed by atoms with E-state index in [9.17, 15) is 19.2 Å². The van der Waals surface area contributed by atoms with E-state index in [1.54, 1.807) is 121 Å². The summed E-state index contributed by atoms with van der Waals surface area (Å²) in [5.41, 5.74) is 1.40. The quantitative estimate of drug-likeness (QED) is 0.0929. The lowest BCUT2D eigenvalue weighted by atomic mass is 9.93. The number of benzene rings is 6. The Balaban J connectivity index is 1.24. The molecule has 288 valence electrons. The summed E-state index contributed by atoms with van der Waals surface area (Å²) in [5.74, 6) is -3.08. The predicted molar refractivity (Wildman–Crippen MR) is 209 cm³/mol. The Morgan fingerprint density at radius 2 is 0.966 bits per heavy atom. The summed E-state index contributed by atoms with van der Waals surface area (Å²) < 4.78 is 36.7. The third-order valence-electron chi connectivity index (χ3n) is 9.50. The zero-order chi connectivity index (χ0) is 39.8. The van der Waals surface area contributed by atoms with E-state index in [2.05, 4.69) is 5.16 Å². The van der Waals surface area contributed by atoms with E-state index in [-0.39, 0.29) is 34.0 Å². The van der Waals surface area contributed by atoms with Gasteiger partial charge in [-0.15, -0.1) is 0 Å². The highest BCUT2D eigenvalue weighted by Gasteiger charge is 2.55. The van der Waals surface area contributed by atoms with Crippen LogP contribution < -0.4 is 0 Å². The van der Waals surface area contributed by atoms with Gasteiger partial charge >= 0.3 is 23.9 Å². The second kappa shape index (κ2) is 17.1. The fourth-order valence-corrected chi connectivity index (χ4v) is 6.65. The number of nitrogens with zero attached hydrogens (tertiary/aromatic N) is 2. The summed E-state index contributed by atoms with van der Waals surface area (Å²) in [5, 5.41) is 6.05. The molecule has 0 N–H and O–H groups in total. The minimum absolute atomic E-state index is 0.0817. The van der Waals surface area contributed by atoms with E-state index >= 15 is 0 Å². The minimum atomic E-state index is -1.58. The first-order valence-electron chi connectivity index (χ1n) is 18.4. The van der Waals surface area contributed by atoms with Gasteiger partial charge in [-0.25, -0.2) is 19.2 Å². The Labute approximate surface area is 331 Å². The molecule has 1 saturated heterocycles. The fourth-order valence-electron chi connectivity index (χ4n) is 6.65. The van der Waals surface area contributed by atoms with Gasteiger partial charge in [0, 0.05) is 5.56 Å². The van der Waals surface area contributed by atoms with E-state index in [1.165, 1.54) is 0 Å². The number of carbonyl (C=O) groups is 4. The Morgan fingerprint density at radius 3 is 1.53 bits per heavy atom. The highest BCUT2D eigenvalue weighted by molar-refractivity contribution is 5.95. The van der Waals surface area contributed by atoms with Crippen molar-refractivity contribution in [3.8, 4) is 11.5 Å². The van der Waals surface area contributed by atoms with Crippen LogP contribution in [0.1, 0.15) is 53.4 Å². The van der Waals surface area contributed by atoms with Crippen molar-refractivity contribution < 1.29 is 47.4 Å². The summed E-state index contributed by atoms with van der Waals surface area (Å²) in [7, 11) is 0. The second-order valence-electron chi connectivity index (χ2n) is 13.3. The number of fused-ring (bicyclic) bond motifs is 1. The summed E-state index contributed by atoms with van der Waals surface area (Å²) in [4.78, 5) is 59.7. The summed E-state index contributed by atoms with van der Waals surface area (Å²) in [6, 6.07) is 46.0. The molecule has 0 spiro atoms. The van der Waals surface area contributed by atoms with Crippen molar-refractivity contribution in [2.24, 2.45) is 0 Å². The highest BCUT2D eigenvalue weighted by atomic mass is 16.7. The van der Waals surface area contributed by atoms with Crippen LogP contribution in [0.25, 0.3) is 22.2 Å². The van der Waals surface area contributed by atoms with Gasteiger partial charge < -0.3 is 28.2 Å². The largest absolute Gasteiger partial charge is 0.459 e. The Morgan fingerprint density at radius 1 is 0.500 bits per heavy atom. The third kappa shape index (κ3) is 8.23. The molecule has 12 heteroatoms. The molecule has 1 aliphatic heterocycles. The van der Waals surface area contributed by atoms with Gasteiger partial charge in [-0.2, -0.15) is 4.98 Å². The van der Waals surface area contributed by atoms with Gasteiger partial charge in [-0.1, -0.05) is 114 Å². The molecular formula is C46H34N2O10. The van der Waals surface area contributed by atoms with Gasteiger partial charge in [-0.05, 0) is 65.4 Å². The molecular weight excluding hydrogens is 741 g/mol. The van der Waals surface area contributed by atoms with Gasteiger partial charge in [0.05, 0.1) is 22.3 Å². The van der Waals surface area contributed by atoms with Gasteiger partial charge in [0.15, 0.2) is 24.4 Å². The Kier molecular flexibility index (Phi) is 11.1. The summed E-state index contributed by atoms with van der Waals surface area (Å²) >= 11 is 0. The second-order valence-corrected chi connectivity index (χ2v) is 13.3. The van der Waals surface area contributed by atoms with Gasteiger partial charge in [-0.3, -0.25) is 0 Å². The number of hydrogen-bond acceptors (Lipinski definition) is 12. The van der Waals surface area contributed by atoms with Gasteiger partial charge in [0.2, 0.25) is 5.82 Å². The number of carbonyl (C=O) groups excluding carboxylic acids is 4. The van der Waals surface area contributed by atoms with Crippen molar-refractivity contribution in [3.05, 3.63) is 192 Å². The number of hydrogen-bond donors (Lipinski definition) is 0. The predicted octanol–water partition coefficient (Wildman–Crippen LogP) is 7.86. The Hall–Kier alpha value is -7.44. The zero-order valence-electron chi connectivity index (χ0n) is 30.7. The maximum atomic E-state index is 14.0. The van der Waals surface area contributed by atoms with Crippen LogP contribution in [0.15, 0.2) is 168 Å². The first-order valence-corrected chi connectivity index (χ1v) is 18.4. The van der Waals surface area contributed by atoms with Crippen LogP contribution in [0, 0.1) is 0 Å². The molecule has 0 amide bonds. The Bertz CT molecular complexity index is 2520. The molecule has 5 atom stereocenters. The normalized spacial score (nSPS) is 18.8. The molecule has 0 unspecified atom stereocenters. The van der Waals surface area contributed by atoms with E-state index in [1.807, 2.05) is 42.5 Å². The molecule has 0 bridgehead atoms. The standard InChI is InChI=1S/C46H34N2O10/c49-43(30-17-5-1-6-18-30)53-28-36-37(55-44(50)31-19-7-2-8-20-31)38(56-45(51)32-21-9-3-10-22-32)39(57-46(52)33-23-11-4-12-24-33)40(54-36)41-47-42(58-48-41)35-27-15-25-29-16-13-14-26-34(29)35/h1-27,36-40H,28H2/t36-,37-,38+,39-,40-/m1/s1. The van der Waals surface area contributed by atoms with E-state index in [4.69, 9.17) is 33.2 Å². The molecule has 0 aliphatic carbocycles. The number of rotatable bonds is 11. The van der Waals surface area contributed by atoms with Crippen molar-refractivity contribution in [2.45, 2.75) is 30.5 Å². The molecule has 2 heterocycles. The van der Waals surface area contributed by atoms with Crippen LogP contribution in [0.2, 0.25) is 0 Å². The number of ether oxygens (including phenoxy) is 5. The molecule has 1 aromatic heterocycles. The van der Waals surface area contributed by atoms with Crippen molar-refractivity contribution in [1.29, 1.82) is 0 Å². The lowest BCUT2D eigenvalue weighted by molar-refractivity contribution is -0.233.